The van der Waals surface area contributed by atoms with E-state index < -0.39 is 16.2 Å². The van der Waals surface area contributed by atoms with Gasteiger partial charge in [-0.15, -0.1) is 0 Å². The number of hydrogen-bond acceptors (Lipinski definition) is 3. The van der Waals surface area contributed by atoms with Gasteiger partial charge >= 0.3 is 5.97 Å². The van der Waals surface area contributed by atoms with E-state index in [2.05, 4.69) is 4.72 Å². The predicted molar refractivity (Wildman–Crippen MR) is 77.2 cm³/mol. The molecule has 1 aromatic carbocycles. The molecule has 0 saturated carbocycles. The van der Waals surface area contributed by atoms with Crippen molar-refractivity contribution >= 4 is 22.3 Å². The van der Waals surface area contributed by atoms with Crippen molar-refractivity contribution in [2.75, 3.05) is 13.6 Å². The standard InChI is InChI=1S/C13H18N2O4S/c1-3-14-20(18,19)15(2)10-12-6-4-5-11(9-12)7-8-13(16)17/h4-9,14H,3,10H2,1-2H3,(H,16,17)/b8-7+. The van der Waals surface area contributed by atoms with Crippen LogP contribution in [-0.2, 0) is 21.5 Å². The summed E-state index contributed by atoms with van der Waals surface area (Å²) in [7, 11) is -1.99. The number of carbonyl (C=O) groups is 1. The van der Waals surface area contributed by atoms with Crippen LogP contribution in [0.15, 0.2) is 30.3 Å². The molecule has 0 aliphatic carbocycles. The molecule has 0 aromatic heterocycles. The first kappa shape index (κ1) is 16.4. The number of nitrogens with zero attached hydrogens (tertiary/aromatic N) is 1. The van der Waals surface area contributed by atoms with E-state index in [9.17, 15) is 13.2 Å². The molecule has 0 atom stereocenters. The van der Waals surface area contributed by atoms with E-state index >= 15 is 0 Å². The maximum atomic E-state index is 11.8. The summed E-state index contributed by atoms with van der Waals surface area (Å²) in [5.74, 6) is -1.03. The van der Waals surface area contributed by atoms with Gasteiger partial charge < -0.3 is 5.11 Å². The van der Waals surface area contributed by atoms with Crippen LogP contribution in [0, 0.1) is 0 Å². The fraction of sp³-hybridized carbons (Fsp3) is 0.308. The van der Waals surface area contributed by atoms with E-state index in [0.717, 1.165) is 11.6 Å². The fourth-order valence-electron chi connectivity index (χ4n) is 1.60. The zero-order valence-corrected chi connectivity index (χ0v) is 12.2. The number of hydrogen-bond donors (Lipinski definition) is 2. The highest BCUT2D eigenvalue weighted by atomic mass is 32.2. The molecule has 0 radical (unpaired) electrons. The summed E-state index contributed by atoms with van der Waals surface area (Å²) in [5.41, 5.74) is 1.49. The highest BCUT2D eigenvalue weighted by Gasteiger charge is 2.16. The molecule has 0 saturated heterocycles. The number of benzene rings is 1. The molecule has 6 nitrogen and oxygen atoms in total. The lowest BCUT2D eigenvalue weighted by atomic mass is 10.1. The Bertz CT molecular complexity index is 596. The molecular weight excluding hydrogens is 280 g/mol. The van der Waals surface area contributed by atoms with Crippen molar-refractivity contribution in [3.05, 3.63) is 41.5 Å². The van der Waals surface area contributed by atoms with Crippen molar-refractivity contribution < 1.29 is 18.3 Å². The second kappa shape index (κ2) is 7.18. The fourth-order valence-corrected chi connectivity index (χ4v) is 2.50. The van der Waals surface area contributed by atoms with Crippen LogP contribution in [0.1, 0.15) is 18.1 Å². The third-order valence-electron chi connectivity index (χ3n) is 2.51. The summed E-state index contributed by atoms with van der Waals surface area (Å²) < 4.78 is 27.1. The summed E-state index contributed by atoms with van der Waals surface area (Å²) in [6.07, 6.45) is 2.50. The van der Waals surface area contributed by atoms with Gasteiger partial charge in [0.15, 0.2) is 0 Å². The third kappa shape index (κ3) is 5.12. The molecule has 0 fully saturated rings. The Balaban J connectivity index is 2.83. The molecule has 0 aliphatic heterocycles. The molecule has 7 heteroatoms. The Hall–Kier alpha value is -1.70. The topological polar surface area (TPSA) is 86.7 Å². The highest BCUT2D eigenvalue weighted by molar-refractivity contribution is 7.87. The molecule has 0 amide bonds. The van der Waals surface area contributed by atoms with Crippen molar-refractivity contribution in [3.8, 4) is 0 Å². The maximum absolute atomic E-state index is 11.8. The average Bonchev–Trinajstić information content (AvgIpc) is 2.36. The van der Waals surface area contributed by atoms with E-state index in [1.807, 2.05) is 0 Å². The number of carboxylic acids is 1. The van der Waals surface area contributed by atoms with Crippen molar-refractivity contribution in [2.24, 2.45) is 0 Å². The van der Waals surface area contributed by atoms with Crippen molar-refractivity contribution in [1.29, 1.82) is 0 Å². The predicted octanol–water partition coefficient (Wildman–Crippen LogP) is 1.07. The van der Waals surface area contributed by atoms with E-state index in [4.69, 9.17) is 5.11 Å². The number of carboxylic acid groups (broad SMARTS) is 1. The van der Waals surface area contributed by atoms with Gasteiger partial charge in [-0.05, 0) is 17.2 Å². The van der Waals surface area contributed by atoms with Gasteiger partial charge in [-0.1, -0.05) is 31.2 Å². The Kier molecular flexibility index (Phi) is 5.87. The second-order valence-electron chi connectivity index (χ2n) is 4.18. The molecule has 20 heavy (non-hydrogen) atoms. The molecule has 0 heterocycles. The average molecular weight is 298 g/mol. The van der Waals surface area contributed by atoms with E-state index in [0.29, 0.717) is 12.1 Å². The maximum Gasteiger partial charge on any atom is 0.328 e. The van der Waals surface area contributed by atoms with Gasteiger partial charge in [0.05, 0.1) is 0 Å². The van der Waals surface area contributed by atoms with E-state index in [-0.39, 0.29) is 6.54 Å². The van der Waals surface area contributed by atoms with Crippen molar-refractivity contribution in [1.82, 2.24) is 9.03 Å². The summed E-state index contributed by atoms with van der Waals surface area (Å²) in [6.45, 7) is 2.25. The van der Waals surface area contributed by atoms with Gasteiger partial charge in [0, 0.05) is 26.2 Å². The minimum absolute atomic E-state index is 0.212. The Morgan fingerprint density at radius 1 is 1.45 bits per heavy atom. The molecular formula is C13H18N2O4S. The van der Waals surface area contributed by atoms with Crippen LogP contribution in [0.3, 0.4) is 0 Å². The van der Waals surface area contributed by atoms with Crippen LogP contribution in [0.2, 0.25) is 0 Å². The molecule has 0 spiro atoms. The van der Waals surface area contributed by atoms with Gasteiger partial charge in [-0.2, -0.15) is 12.7 Å². The van der Waals surface area contributed by atoms with Crippen LogP contribution in [-0.4, -0.2) is 37.4 Å². The smallest absolute Gasteiger partial charge is 0.328 e. The molecule has 0 unspecified atom stereocenters. The monoisotopic (exact) mass is 298 g/mol. The Morgan fingerprint density at radius 2 is 2.15 bits per heavy atom. The minimum Gasteiger partial charge on any atom is -0.478 e. The van der Waals surface area contributed by atoms with Crippen molar-refractivity contribution in [3.63, 3.8) is 0 Å². The van der Waals surface area contributed by atoms with Crippen LogP contribution in [0.25, 0.3) is 6.08 Å². The van der Waals surface area contributed by atoms with Crippen LogP contribution in [0.4, 0.5) is 0 Å². The first-order chi connectivity index (χ1) is 9.35. The lowest BCUT2D eigenvalue weighted by molar-refractivity contribution is -0.131. The quantitative estimate of drug-likeness (QED) is 0.737. The lowest BCUT2D eigenvalue weighted by Gasteiger charge is -2.17. The SMILES string of the molecule is CCNS(=O)(=O)N(C)Cc1cccc(/C=C/C(=O)O)c1. The molecule has 1 aromatic rings. The molecule has 0 bridgehead atoms. The van der Waals surface area contributed by atoms with Gasteiger partial charge in [0.1, 0.15) is 0 Å². The second-order valence-corrected chi connectivity index (χ2v) is 6.04. The molecule has 110 valence electrons. The van der Waals surface area contributed by atoms with Crippen LogP contribution < -0.4 is 4.72 Å². The largest absolute Gasteiger partial charge is 0.478 e. The lowest BCUT2D eigenvalue weighted by Crippen LogP contribution is -2.37. The van der Waals surface area contributed by atoms with Crippen molar-refractivity contribution in [2.45, 2.75) is 13.5 Å². The number of nitrogens with one attached hydrogen (secondary N) is 1. The zero-order valence-electron chi connectivity index (χ0n) is 11.4. The molecule has 1 rings (SSSR count). The summed E-state index contributed by atoms with van der Waals surface area (Å²) >= 11 is 0. The third-order valence-corrected chi connectivity index (χ3v) is 4.11. The Labute approximate surface area is 118 Å². The van der Waals surface area contributed by atoms with Crippen LogP contribution >= 0.6 is 0 Å². The van der Waals surface area contributed by atoms with Gasteiger partial charge in [0.25, 0.3) is 10.2 Å². The van der Waals surface area contributed by atoms with E-state index in [1.54, 1.807) is 31.2 Å². The van der Waals surface area contributed by atoms with Gasteiger partial charge in [0.2, 0.25) is 0 Å². The first-order valence-corrected chi connectivity index (χ1v) is 7.50. The highest BCUT2D eigenvalue weighted by Crippen LogP contribution is 2.10. The van der Waals surface area contributed by atoms with Crippen LogP contribution in [0.5, 0.6) is 0 Å². The molecule has 0 aliphatic rings. The first-order valence-electron chi connectivity index (χ1n) is 6.06. The normalized spacial score (nSPS) is 12.2. The summed E-state index contributed by atoms with van der Waals surface area (Å²) in [6, 6.07) is 7.04. The molecule has 2 N–H and O–H groups in total. The summed E-state index contributed by atoms with van der Waals surface area (Å²) in [4.78, 5) is 10.5. The van der Waals surface area contributed by atoms with Gasteiger partial charge in [-0.3, -0.25) is 0 Å². The van der Waals surface area contributed by atoms with Gasteiger partial charge in [-0.25, -0.2) is 9.52 Å². The summed E-state index contributed by atoms with van der Waals surface area (Å²) in [5, 5.41) is 8.57. The number of aliphatic carboxylic acids is 1. The zero-order chi connectivity index (χ0) is 15.2. The number of rotatable bonds is 7. The minimum atomic E-state index is -3.48. The Morgan fingerprint density at radius 3 is 2.75 bits per heavy atom. The van der Waals surface area contributed by atoms with E-state index in [1.165, 1.54) is 17.4 Å².